The fourth-order valence-corrected chi connectivity index (χ4v) is 2.73. The van der Waals surface area contributed by atoms with Crippen molar-refractivity contribution in [3.05, 3.63) is 42.2 Å². The van der Waals surface area contributed by atoms with Crippen LogP contribution in [0.4, 0.5) is 4.39 Å². The monoisotopic (exact) mass is 370 g/mol. The van der Waals surface area contributed by atoms with Gasteiger partial charge in [-0.05, 0) is 18.2 Å². The number of Topliss-reactive ketones (excluding diaryl/α,β-unsaturated/α-hetero) is 1. The number of nitrogens with zero attached hydrogens (tertiary/aromatic N) is 2. The lowest BCUT2D eigenvalue weighted by Gasteiger charge is -2.34. The molecule has 1 aliphatic heterocycles. The Bertz CT molecular complexity index is 616. The second kappa shape index (κ2) is 10.2. The zero-order valence-electron chi connectivity index (χ0n) is 14.4. The molecule has 138 valence electrons. The van der Waals surface area contributed by atoms with E-state index in [0.717, 1.165) is 25.7 Å². The first-order chi connectivity index (χ1) is 11.5. The Kier molecular flexibility index (Phi) is 8.58. The number of hydrogen-bond donors (Lipinski definition) is 0. The third-order valence-corrected chi connectivity index (χ3v) is 4.15. The van der Waals surface area contributed by atoms with Crippen molar-refractivity contribution >= 4 is 24.1 Å². The number of carbonyl (C=O) groups excluding carboxylic acids is 2. The molecule has 1 heterocycles. The van der Waals surface area contributed by atoms with Crippen molar-refractivity contribution < 1.29 is 18.7 Å². The van der Waals surface area contributed by atoms with Gasteiger partial charge in [0.2, 0.25) is 5.91 Å². The summed E-state index contributed by atoms with van der Waals surface area (Å²) in [6.07, 6.45) is 2.08. The molecule has 1 amide bonds. The molecule has 7 heteroatoms. The zero-order chi connectivity index (χ0) is 17.5. The highest BCUT2D eigenvalue weighted by Gasteiger charge is 2.21. The van der Waals surface area contributed by atoms with E-state index in [9.17, 15) is 14.0 Å². The van der Waals surface area contributed by atoms with Crippen LogP contribution in [0.3, 0.4) is 0 Å². The highest BCUT2D eigenvalue weighted by atomic mass is 35.5. The highest BCUT2D eigenvalue weighted by molar-refractivity contribution is 5.98. The maximum absolute atomic E-state index is 13.6. The number of ketones is 1. The van der Waals surface area contributed by atoms with Crippen molar-refractivity contribution in [3.63, 3.8) is 0 Å². The Morgan fingerprint density at radius 1 is 1.24 bits per heavy atom. The van der Waals surface area contributed by atoms with Crippen molar-refractivity contribution in [2.24, 2.45) is 0 Å². The molecule has 0 spiro atoms. The number of amides is 1. The minimum Gasteiger partial charge on any atom is -0.494 e. The number of piperazine rings is 1. The van der Waals surface area contributed by atoms with Gasteiger partial charge in [0.1, 0.15) is 0 Å². The molecule has 0 aromatic heterocycles. The number of rotatable bonds is 7. The molecular formula is C18H24ClFN2O3. The Balaban J connectivity index is 0.00000312. The molecule has 1 fully saturated rings. The summed E-state index contributed by atoms with van der Waals surface area (Å²) in [5.41, 5.74) is 0.261. The molecule has 25 heavy (non-hydrogen) atoms. The summed E-state index contributed by atoms with van der Waals surface area (Å²) in [5.74, 6) is -0.751. The number of benzene rings is 1. The molecule has 0 saturated carbocycles. The second-order valence-electron chi connectivity index (χ2n) is 5.74. The second-order valence-corrected chi connectivity index (χ2v) is 5.74. The number of halogens is 2. The van der Waals surface area contributed by atoms with Gasteiger partial charge in [-0.1, -0.05) is 6.08 Å². The number of carbonyl (C=O) groups is 2. The van der Waals surface area contributed by atoms with Gasteiger partial charge in [0.25, 0.3) is 0 Å². The Morgan fingerprint density at radius 3 is 2.48 bits per heavy atom. The average Bonchev–Trinajstić information content (AvgIpc) is 2.60. The molecule has 0 atom stereocenters. The van der Waals surface area contributed by atoms with Crippen LogP contribution < -0.4 is 4.74 Å². The molecule has 1 aromatic rings. The van der Waals surface area contributed by atoms with E-state index in [1.54, 1.807) is 4.90 Å². The van der Waals surface area contributed by atoms with Gasteiger partial charge in [-0.15, -0.1) is 19.0 Å². The van der Waals surface area contributed by atoms with Crippen molar-refractivity contribution in [2.75, 3.05) is 39.8 Å². The highest BCUT2D eigenvalue weighted by Crippen LogP contribution is 2.19. The predicted molar refractivity (Wildman–Crippen MR) is 97.0 cm³/mol. The molecule has 1 aromatic carbocycles. The van der Waals surface area contributed by atoms with Gasteiger partial charge in [0.15, 0.2) is 17.3 Å². The minimum absolute atomic E-state index is 0. The molecule has 5 nitrogen and oxygen atoms in total. The van der Waals surface area contributed by atoms with Crippen LogP contribution in [0.25, 0.3) is 0 Å². The van der Waals surface area contributed by atoms with Gasteiger partial charge in [-0.2, -0.15) is 0 Å². The first-order valence-electron chi connectivity index (χ1n) is 8.03. The summed E-state index contributed by atoms with van der Waals surface area (Å²) in [6, 6.07) is 4.09. The fraction of sp³-hybridized carbons (Fsp3) is 0.444. The summed E-state index contributed by atoms with van der Waals surface area (Å²) < 4.78 is 18.5. The largest absolute Gasteiger partial charge is 0.494 e. The molecule has 0 unspecified atom stereocenters. The van der Waals surface area contributed by atoms with E-state index in [-0.39, 0.29) is 48.3 Å². The normalized spacial score (nSPS) is 14.6. The molecule has 1 aliphatic rings. The summed E-state index contributed by atoms with van der Waals surface area (Å²) in [5, 5.41) is 0. The topological polar surface area (TPSA) is 49.9 Å². The van der Waals surface area contributed by atoms with Crippen LogP contribution in [-0.4, -0.2) is 61.3 Å². The molecular weight excluding hydrogens is 347 g/mol. The van der Waals surface area contributed by atoms with Gasteiger partial charge in [0.05, 0.1) is 7.11 Å². The Hall–Kier alpha value is -1.92. The van der Waals surface area contributed by atoms with Crippen LogP contribution in [0.5, 0.6) is 5.75 Å². The van der Waals surface area contributed by atoms with Crippen LogP contribution in [-0.2, 0) is 4.79 Å². The van der Waals surface area contributed by atoms with Crippen LogP contribution >= 0.6 is 12.4 Å². The van der Waals surface area contributed by atoms with Crippen molar-refractivity contribution in [1.29, 1.82) is 0 Å². The quantitative estimate of drug-likeness (QED) is 0.546. The van der Waals surface area contributed by atoms with Crippen LogP contribution in [0.1, 0.15) is 23.2 Å². The standard InChI is InChI=1S/C18H23FN2O3.ClH/c1-3-8-20-9-11-21(12-10-20)18(23)7-5-16(22)14-4-6-17(24-2)15(19)13-14;/h3-4,6,13H,1,5,7-12H2,2H3;1H. The molecule has 0 aliphatic carbocycles. The van der Waals surface area contributed by atoms with E-state index in [1.165, 1.54) is 19.2 Å². The summed E-state index contributed by atoms with van der Waals surface area (Å²) in [6.45, 7) is 7.49. The fourth-order valence-electron chi connectivity index (χ4n) is 2.73. The molecule has 0 N–H and O–H groups in total. The smallest absolute Gasteiger partial charge is 0.223 e. The zero-order valence-corrected chi connectivity index (χ0v) is 15.2. The lowest BCUT2D eigenvalue weighted by Crippen LogP contribution is -2.48. The first-order valence-corrected chi connectivity index (χ1v) is 8.03. The van der Waals surface area contributed by atoms with Crippen molar-refractivity contribution in [1.82, 2.24) is 9.80 Å². The summed E-state index contributed by atoms with van der Waals surface area (Å²) in [4.78, 5) is 28.3. The van der Waals surface area contributed by atoms with E-state index in [1.807, 2.05) is 6.08 Å². The summed E-state index contributed by atoms with van der Waals surface area (Å²) in [7, 11) is 1.37. The molecule has 0 bridgehead atoms. The van der Waals surface area contributed by atoms with Gasteiger partial charge in [-0.3, -0.25) is 14.5 Å². The first kappa shape index (κ1) is 21.1. The van der Waals surface area contributed by atoms with Gasteiger partial charge < -0.3 is 9.64 Å². The van der Waals surface area contributed by atoms with Crippen molar-refractivity contribution in [3.8, 4) is 5.75 Å². The van der Waals surface area contributed by atoms with Crippen molar-refractivity contribution in [2.45, 2.75) is 12.8 Å². The maximum atomic E-state index is 13.6. The molecule has 0 radical (unpaired) electrons. The molecule has 1 saturated heterocycles. The van der Waals surface area contributed by atoms with E-state index < -0.39 is 5.82 Å². The minimum atomic E-state index is -0.576. The Morgan fingerprint density at radius 2 is 1.92 bits per heavy atom. The van der Waals surface area contributed by atoms with Gasteiger partial charge in [-0.25, -0.2) is 4.39 Å². The average molecular weight is 371 g/mol. The van der Waals surface area contributed by atoms with E-state index in [0.29, 0.717) is 13.1 Å². The van der Waals surface area contributed by atoms with Gasteiger partial charge in [0, 0.05) is 51.1 Å². The lowest BCUT2D eigenvalue weighted by atomic mass is 10.1. The van der Waals surface area contributed by atoms with Gasteiger partial charge >= 0.3 is 0 Å². The van der Waals surface area contributed by atoms with Crippen LogP contribution in [0.15, 0.2) is 30.9 Å². The number of methoxy groups -OCH3 is 1. The summed E-state index contributed by atoms with van der Waals surface area (Å²) >= 11 is 0. The van der Waals surface area contributed by atoms with E-state index in [4.69, 9.17) is 4.74 Å². The third-order valence-electron chi connectivity index (χ3n) is 4.15. The van der Waals surface area contributed by atoms with Crippen LogP contribution in [0, 0.1) is 5.82 Å². The Labute approximate surface area is 153 Å². The predicted octanol–water partition coefficient (Wildman–Crippen LogP) is 2.55. The maximum Gasteiger partial charge on any atom is 0.223 e. The van der Waals surface area contributed by atoms with E-state index >= 15 is 0 Å². The lowest BCUT2D eigenvalue weighted by molar-refractivity contribution is -0.132. The SMILES string of the molecule is C=CCN1CCN(C(=O)CCC(=O)c2ccc(OC)c(F)c2)CC1.Cl. The number of ether oxygens (including phenoxy) is 1. The third kappa shape index (κ3) is 5.83. The van der Waals surface area contributed by atoms with E-state index in [2.05, 4.69) is 11.5 Å². The molecule has 2 rings (SSSR count). The van der Waals surface area contributed by atoms with Crippen LogP contribution in [0.2, 0.25) is 0 Å². The number of hydrogen-bond acceptors (Lipinski definition) is 4.